The largest absolute Gasteiger partial charge is 0.272 e. The van der Waals surface area contributed by atoms with Gasteiger partial charge in [-0.25, -0.2) is 4.98 Å². The highest BCUT2D eigenvalue weighted by atomic mass is 16.2. The van der Waals surface area contributed by atoms with Gasteiger partial charge in [0.2, 0.25) is 0 Å². The van der Waals surface area contributed by atoms with Crippen molar-refractivity contribution in [1.29, 1.82) is 0 Å². The van der Waals surface area contributed by atoms with Crippen molar-refractivity contribution in [2.24, 2.45) is 5.92 Å². The van der Waals surface area contributed by atoms with E-state index in [0.29, 0.717) is 5.82 Å². The van der Waals surface area contributed by atoms with Gasteiger partial charge in [-0.3, -0.25) is 4.79 Å². The minimum absolute atomic E-state index is 0.0144. The van der Waals surface area contributed by atoms with Crippen LogP contribution < -0.4 is 0 Å². The van der Waals surface area contributed by atoms with E-state index in [-0.39, 0.29) is 17.7 Å². The molecule has 0 radical (unpaired) electrons. The maximum Gasteiger partial charge on any atom is 0.250 e. The van der Waals surface area contributed by atoms with Crippen molar-refractivity contribution < 1.29 is 4.79 Å². The molecule has 1 heterocycles. The highest BCUT2D eigenvalue weighted by Gasteiger charge is 2.13. The Morgan fingerprint density at radius 2 is 2.00 bits per heavy atom. The second kappa shape index (κ2) is 3.68. The van der Waals surface area contributed by atoms with Crippen LogP contribution in [0, 0.1) is 5.92 Å². The quantitative estimate of drug-likeness (QED) is 0.697. The van der Waals surface area contributed by atoms with Gasteiger partial charge in [0.1, 0.15) is 6.33 Å². The van der Waals surface area contributed by atoms with Gasteiger partial charge in [0, 0.05) is 11.8 Å². The Labute approximate surface area is 78.0 Å². The molecule has 4 heteroatoms. The summed E-state index contributed by atoms with van der Waals surface area (Å²) in [6, 6.07) is 0. The first-order chi connectivity index (χ1) is 6.02. The minimum atomic E-state index is -0.0401. The fraction of sp³-hybridized carbons (Fsp3) is 0.667. The zero-order valence-electron chi connectivity index (χ0n) is 8.48. The lowest BCUT2D eigenvalue weighted by atomic mass is 10.2. The maximum absolute atomic E-state index is 11.4. The van der Waals surface area contributed by atoms with E-state index in [1.54, 1.807) is 0 Å². The molecule has 0 unspecified atom stereocenters. The van der Waals surface area contributed by atoms with E-state index in [0.717, 1.165) is 0 Å². The van der Waals surface area contributed by atoms with Crippen LogP contribution in [0.25, 0.3) is 0 Å². The summed E-state index contributed by atoms with van der Waals surface area (Å²) in [5.41, 5.74) is 0. The molecule has 0 fully saturated rings. The highest BCUT2D eigenvalue weighted by molar-refractivity contribution is 5.79. The van der Waals surface area contributed by atoms with Crippen LogP contribution in [0.3, 0.4) is 0 Å². The lowest BCUT2D eigenvalue weighted by Crippen LogP contribution is -2.17. The van der Waals surface area contributed by atoms with Crippen LogP contribution in [0.2, 0.25) is 0 Å². The van der Waals surface area contributed by atoms with Gasteiger partial charge in [0.05, 0.1) is 0 Å². The minimum Gasteiger partial charge on any atom is -0.272 e. The van der Waals surface area contributed by atoms with E-state index >= 15 is 0 Å². The van der Waals surface area contributed by atoms with Crippen LogP contribution >= 0.6 is 0 Å². The highest BCUT2D eigenvalue weighted by Crippen LogP contribution is 2.07. The molecule has 0 aromatic carbocycles. The van der Waals surface area contributed by atoms with Gasteiger partial charge in [-0.05, 0) is 0 Å². The molecule has 0 atom stereocenters. The maximum atomic E-state index is 11.4. The summed E-state index contributed by atoms with van der Waals surface area (Å²) in [6.07, 6.45) is 1.48. The number of carbonyl (C=O) groups excluding carboxylic acids is 1. The van der Waals surface area contributed by atoms with Gasteiger partial charge in [-0.15, -0.1) is 5.10 Å². The summed E-state index contributed by atoms with van der Waals surface area (Å²) in [5.74, 6) is 0.927. The van der Waals surface area contributed by atoms with E-state index in [1.165, 1.54) is 11.0 Å². The van der Waals surface area contributed by atoms with Crippen molar-refractivity contribution in [3.05, 3.63) is 12.2 Å². The van der Waals surface area contributed by atoms with Gasteiger partial charge in [0.25, 0.3) is 5.91 Å². The Kier molecular flexibility index (Phi) is 2.80. The first-order valence-electron chi connectivity index (χ1n) is 4.48. The topological polar surface area (TPSA) is 47.8 Å². The number of hydrogen-bond acceptors (Lipinski definition) is 3. The van der Waals surface area contributed by atoms with E-state index in [1.807, 2.05) is 27.7 Å². The third-order valence-electron chi connectivity index (χ3n) is 1.75. The fourth-order valence-corrected chi connectivity index (χ4v) is 0.911. The molecular formula is C9H15N3O. The Bertz CT molecular complexity index is 302. The molecule has 0 bridgehead atoms. The molecule has 4 nitrogen and oxygen atoms in total. The van der Waals surface area contributed by atoms with E-state index < -0.39 is 0 Å². The number of rotatable bonds is 2. The van der Waals surface area contributed by atoms with Crippen molar-refractivity contribution in [1.82, 2.24) is 14.8 Å². The van der Waals surface area contributed by atoms with Gasteiger partial charge in [-0.1, -0.05) is 27.7 Å². The average Bonchev–Trinajstić information content (AvgIpc) is 2.50. The molecule has 1 aromatic rings. The van der Waals surface area contributed by atoms with Crippen LogP contribution in [-0.2, 0) is 0 Å². The molecule has 0 amide bonds. The lowest BCUT2D eigenvalue weighted by molar-refractivity contribution is 0.0837. The summed E-state index contributed by atoms with van der Waals surface area (Å²) in [5, 5.41) is 4.09. The summed E-state index contributed by atoms with van der Waals surface area (Å²) >= 11 is 0. The summed E-state index contributed by atoms with van der Waals surface area (Å²) in [7, 11) is 0. The zero-order chi connectivity index (χ0) is 10.0. The molecule has 1 rings (SSSR count). The molecule has 0 aliphatic heterocycles. The summed E-state index contributed by atoms with van der Waals surface area (Å²) in [6.45, 7) is 7.69. The number of nitrogens with zero attached hydrogens (tertiary/aromatic N) is 3. The van der Waals surface area contributed by atoms with Crippen LogP contribution in [0.4, 0.5) is 0 Å². The van der Waals surface area contributed by atoms with Gasteiger partial charge in [0.15, 0.2) is 5.82 Å². The predicted molar refractivity (Wildman–Crippen MR) is 49.6 cm³/mol. The fourth-order valence-electron chi connectivity index (χ4n) is 0.911. The predicted octanol–water partition coefficient (Wildman–Crippen LogP) is 1.70. The number of hydrogen-bond donors (Lipinski definition) is 0. The van der Waals surface area contributed by atoms with Crippen molar-refractivity contribution in [2.75, 3.05) is 0 Å². The molecule has 72 valence electrons. The summed E-state index contributed by atoms with van der Waals surface area (Å²) in [4.78, 5) is 15.5. The molecule has 0 N–H and O–H groups in total. The average molecular weight is 181 g/mol. The third kappa shape index (κ3) is 2.14. The second-order valence-corrected chi connectivity index (χ2v) is 3.69. The molecule has 1 aromatic heterocycles. The van der Waals surface area contributed by atoms with Crippen molar-refractivity contribution in [2.45, 2.75) is 33.6 Å². The van der Waals surface area contributed by atoms with E-state index in [2.05, 4.69) is 10.1 Å². The molecule has 0 aliphatic carbocycles. The normalized spacial score (nSPS) is 11.2. The smallest absolute Gasteiger partial charge is 0.250 e. The molecule has 0 saturated carbocycles. The first kappa shape index (κ1) is 9.89. The molecule has 0 spiro atoms. The van der Waals surface area contributed by atoms with Crippen LogP contribution in [0.1, 0.15) is 44.2 Å². The van der Waals surface area contributed by atoms with Crippen LogP contribution in [-0.4, -0.2) is 20.7 Å². The Hall–Kier alpha value is -1.19. The van der Waals surface area contributed by atoms with Crippen molar-refractivity contribution in [3.63, 3.8) is 0 Å². The Morgan fingerprint density at radius 1 is 1.38 bits per heavy atom. The Morgan fingerprint density at radius 3 is 2.38 bits per heavy atom. The molecule has 13 heavy (non-hydrogen) atoms. The monoisotopic (exact) mass is 181 g/mol. The van der Waals surface area contributed by atoms with Crippen LogP contribution in [0.5, 0.6) is 0 Å². The zero-order valence-corrected chi connectivity index (χ0v) is 8.48. The van der Waals surface area contributed by atoms with Crippen molar-refractivity contribution >= 4 is 5.91 Å². The number of carbonyl (C=O) groups is 1. The summed E-state index contributed by atoms with van der Waals surface area (Å²) < 4.78 is 1.32. The van der Waals surface area contributed by atoms with Gasteiger partial charge in [-0.2, -0.15) is 4.68 Å². The Balaban J connectivity index is 2.86. The van der Waals surface area contributed by atoms with Crippen LogP contribution in [0.15, 0.2) is 6.33 Å². The SMILES string of the molecule is CC(C)C(=O)n1cnc(C(C)C)n1. The van der Waals surface area contributed by atoms with E-state index in [9.17, 15) is 4.79 Å². The van der Waals surface area contributed by atoms with Crippen molar-refractivity contribution in [3.8, 4) is 0 Å². The third-order valence-corrected chi connectivity index (χ3v) is 1.75. The van der Waals surface area contributed by atoms with Gasteiger partial charge < -0.3 is 0 Å². The van der Waals surface area contributed by atoms with E-state index in [4.69, 9.17) is 0 Å². The lowest BCUT2D eigenvalue weighted by Gasteiger charge is -2.01. The molecule has 0 saturated heterocycles. The molecule has 0 aliphatic rings. The number of aromatic nitrogens is 3. The standard InChI is InChI=1S/C9H15N3O/c1-6(2)8-10-5-12(11-8)9(13)7(3)4/h5-7H,1-4H3. The second-order valence-electron chi connectivity index (χ2n) is 3.69. The molecular weight excluding hydrogens is 166 g/mol. The van der Waals surface area contributed by atoms with Gasteiger partial charge >= 0.3 is 0 Å². The first-order valence-corrected chi connectivity index (χ1v) is 4.48.